The van der Waals surface area contributed by atoms with Gasteiger partial charge < -0.3 is 10.6 Å². The number of piperidine rings is 1. The van der Waals surface area contributed by atoms with Crippen LogP contribution < -0.4 is 5.73 Å². The summed E-state index contributed by atoms with van der Waals surface area (Å²) in [4.78, 5) is 6.11. The van der Waals surface area contributed by atoms with Gasteiger partial charge in [-0.3, -0.25) is 4.99 Å². The predicted molar refractivity (Wildman–Crippen MR) is 62.9 cm³/mol. The zero-order valence-corrected chi connectivity index (χ0v) is 10.1. The zero-order valence-electron chi connectivity index (χ0n) is 7.79. The van der Waals surface area contributed by atoms with Crippen LogP contribution in [0, 0.1) is 5.92 Å². The van der Waals surface area contributed by atoms with Gasteiger partial charge in [-0.15, -0.1) is 24.0 Å². The van der Waals surface area contributed by atoms with Crippen LogP contribution in [0.25, 0.3) is 0 Å². The van der Waals surface area contributed by atoms with Crippen molar-refractivity contribution in [2.24, 2.45) is 16.6 Å². The van der Waals surface area contributed by atoms with Gasteiger partial charge in [-0.05, 0) is 18.8 Å². The Labute approximate surface area is 91.4 Å². The minimum Gasteiger partial charge on any atom is -0.370 e. The summed E-state index contributed by atoms with van der Waals surface area (Å²) < 4.78 is 0. The van der Waals surface area contributed by atoms with Gasteiger partial charge in [-0.25, -0.2) is 0 Å². The second-order valence-corrected chi connectivity index (χ2v) is 3.25. The molecule has 12 heavy (non-hydrogen) atoms. The molecule has 72 valence electrons. The highest BCUT2D eigenvalue weighted by Crippen LogP contribution is 2.15. The molecule has 0 aliphatic carbocycles. The molecule has 4 heteroatoms. The Hall–Kier alpha value is 0. The fourth-order valence-corrected chi connectivity index (χ4v) is 1.38. The molecule has 1 fully saturated rings. The molecule has 0 radical (unpaired) electrons. The quantitative estimate of drug-likeness (QED) is 0.413. The lowest BCUT2D eigenvalue weighted by Crippen LogP contribution is -2.42. The van der Waals surface area contributed by atoms with Crippen LogP contribution in [0.5, 0.6) is 0 Å². The molecule has 0 unspecified atom stereocenters. The van der Waals surface area contributed by atoms with Crippen LogP contribution in [0.4, 0.5) is 0 Å². The number of rotatable bonds is 0. The maximum Gasteiger partial charge on any atom is 0.190 e. The number of hydrogen-bond acceptors (Lipinski definition) is 1. The molecular weight excluding hydrogens is 265 g/mol. The van der Waals surface area contributed by atoms with E-state index in [0.29, 0.717) is 5.96 Å². The van der Waals surface area contributed by atoms with Crippen molar-refractivity contribution >= 4 is 29.9 Å². The molecule has 0 bridgehead atoms. The normalized spacial score (nSPS) is 20.5. The highest BCUT2D eigenvalue weighted by Gasteiger charge is 2.16. The third-order valence-electron chi connectivity index (χ3n) is 2.34. The van der Waals surface area contributed by atoms with Crippen molar-refractivity contribution < 1.29 is 0 Å². The van der Waals surface area contributed by atoms with Crippen molar-refractivity contribution in [1.29, 1.82) is 0 Å². The molecule has 1 heterocycles. The number of aliphatic imine (C=N–C) groups is 1. The molecule has 2 N–H and O–H groups in total. The second-order valence-electron chi connectivity index (χ2n) is 3.25. The molecule has 0 amide bonds. The van der Waals surface area contributed by atoms with E-state index in [-0.39, 0.29) is 24.0 Å². The van der Waals surface area contributed by atoms with Gasteiger partial charge in [0.25, 0.3) is 0 Å². The Bertz CT molecular complexity index is 150. The molecule has 1 aliphatic rings. The summed E-state index contributed by atoms with van der Waals surface area (Å²) in [6, 6.07) is 0. The van der Waals surface area contributed by atoms with E-state index in [0.717, 1.165) is 19.0 Å². The van der Waals surface area contributed by atoms with Crippen LogP contribution in [-0.2, 0) is 0 Å². The van der Waals surface area contributed by atoms with E-state index >= 15 is 0 Å². The summed E-state index contributed by atoms with van der Waals surface area (Å²) in [7, 11) is 1.74. The van der Waals surface area contributed by atoms with Crippen molar-refractivity contribution in [2.75, 3.05) is 20.1 Å². The van der Waals surface area contributed by atoms with Gasteiger partial charge >= 0.3 is 0 Å². The molecule has 0 spiro atoms. The molecule has 0 aromatic heterocycles. The molecule has 1 rings (SSSR count). The molecule has 3 nitrogen and oxygen atoms in total. The maximum atomic E-state index is 5.67. The zero-order chi connectivity index (χ0) is 8.27. The van der Waals surface area contributed by atoms with Crippen molar-refractivity contribution in [3.8, 4) is 0 Å². The van der Waals surface area contributed by atoms with Gasteiger partial charge in [-0.1, -0.05) is 6.92 Å². The van der Waals surface area contributed by atoms with Gasteiger partial charge in [0.2, 0.25) is 0 Å². The van der Waals surface area contributed by atoms with Crippen molar-refractivity contribution in [3.05, 3.63) is 0 Å². The summed E-state index contributed by atoms with van der Waals surface area (Å²) >= 11 is 0. The maximum absolute atomic E-state index is 5.67. The second kappa shape index (κ2) is 5.61. The van der Waals surface area contributed by atoms with Gasteiger partial charge in [-0.2, -0.15) is 0 Å². The molecule has 0 atom stereocenters. The van der Waals surface area contributed by atoms with Gasteiger partial charge in [0, 0.05) is 20.1 Å². The summed E-state index contributed by atoms with van der Waals surface area (Å²) in [5, 5.41) is 0. The number of halogens is 1. The number of hydrogen-bond donors (Lipinski definition) is 1. The third-order valence-corrected chi connectivity index (χ3v) is 2.34. The first-order valence-corrected chi connectivity index (χ1v) is 4.21. The van der Waals surface area contributed by atoms with E-state index in [9.17, 15) is 0 Å². The van der Waals surface area contributed by atoms with Crippen LogP contribution in [-0.4, -0.2) is 31.0 Å². The third kappa shape index (κ3) is 3.16. The minimum atomic E-state index is 0. The minimum absolute atomic E-state index is 0. The summed E-state index contributed by atoms with van der Waals surface area (Å²) in [6.07, 6.45) is 2.49. The smallest absolute Gasteiger partial charge is 0.190 e. The standard InChI is InChI=1S/C8H17N3.HI/c1-7-3-5-11(6-4-7)8(9)10-2;/h7H,3-6H2,1-2H3,(H2,9,10);1H. The number of likely N-dealkylation sites (tertiary alicyclic amines) is 1. The lowest BCUT2D eigenvalue weighted by molar-refractivity contribution is 0.278. The fraction of sp³-hybridized carbons (Fsp3) is 0.875. The van der Waals surface area contributed by atoms with Crippen LogP contribution >= 0.6 is 24.0 Å². The van der Waals surface area contributed by atoms with E-state index in [4.69, 9.17) is 5.73 Å². The highest BCUT2D eigenvalue weighted by molar-refractivity contribution is 14.0. The molecule has 1 saturated heterocycles. The lowest BCUT2D eigenvalue weighted by atomic mass is 10.00. The Morgan fingerprint density at radius 3 is 2.33 bits per heavy atom. The topological polar surface area (TPSA) is 41.6 Å². The first-order valence-electron chi connectivity index (χ1n) is 4.21. The molecule has 0 aromatic carbocycles. The first kappa shape index (κ1) is 12.0. The summed E-state index contributed by atoms with van der Waals surface area (Å²) in [5.41, 5.74) is 5.67. The first-order chi connectivity index (χ1) is 5.24. The van der Waals surface area contributed by atoms with Crippen LogP contribution in [0.15, 0.2) is 4.99 Å². The van der Waals surface area contributed by atoms with E-state index in [2.05, 4.69) is 16.8 Å². The SMILES string of the molecule is CN=C(N)N1CCC(C)CC1.I. The number of nitrogens with two attached hydrogens (primary N) is 1. The van der Waals surface area contributed by atoms with Gasteiger partial charge in [0.05, 0.1) is 0 Å². The van der Waals surface area contributed by atoms with E-state index in [1.165, 1.54) is 12.8 Å². The van der Waals surface area contributed by atoms with Crippen molar-refractivity contribution in [1.82, 2.24) is 4.90 Å². The molecule has 0 aromatic rings. The van der Waals surface area contributed by atoms with Crippen molar-refractivity contribution in [2.45, 2.75) is 19.8 Å². The predicted octanol–water partition coefficient (Wildman–Crippen LogP) is 1.28. The molecule has 0 saturated carbocycles. The van der Waals surface area contributed by atoms with Crippen molar-refractivity contribution in [3.63, 3.8) is 0 Å². The average Bonchev–Trinajstić information content (AvgIpc) is 2.05. The Balaban J connectivity index is 0.00000121. The summed E-state index contributed by atoms with van der Waals surface area (Å²) in [5.74, 6) is 1.55. The van der Waals surface area contributed by atoms with Crippen LogP contribution in [0.1, 0.15) is 19.8 Å². The number of nitrogens with zero attached hydrogens (tertiary/aromatic N) is 2. The summed E-state index contributed by atoms with van der Waals surface area (Å²) in [6.45, 7) is 4.44. The van der Waals surface area contributed by atoms with E-state index < -0.39 is 0 Å². The fourth-order valence-electron chi connectivity index (χ4n) is 1.38. The van der Waals surface area contributed by atoms with E-state index in [1.807, 2.05) is 0 Å². The Kier molecular flexibility index (Phi) is 5.61. The lowest BCUT2D eigenvalue weighted by Gasteiger charge is -2.30. The van der Waals surface area contributed by atoms with Gasteiger partial charge in [0.15, 0.2) is 5.96 Å². The van der Waals surface area contributed by atoms with Gasteiger partial charge in [0.1, 0.15) is 0 Å². The number of guanidine groups is 1. The van der Waals surface area contributed by atoms with E-state index in [1.54, 1.807) is 7.05 Å². The van der Waals surface area contributed by atoms with Crippen LogP contribution in [0.3, 0.4) is 0 Å². The Morgan fingerprint density at radius 1 is 1.42 bits per heavy atom. The Morgan fingerprint density at radius 2 is 1.92 bits per heavy atom. The highest BCUT2D eigenvalue weighted by atomic mass is 127. The molecule has 1 aliphatic heterocycles. The average molecular weight is 283 g/mol. The molecular formula is C8H18IN3. The largest absolute Gasteiger partial charge is 0.370 e. The van der Waals surface area contributed by atoms with Crippen LogP contribution in [0.2, 0.25) is 0 Å². The monoisotopic (exact) mass is 283 g/mol.